The molecule has 1 aromatic rings. The van der Waals surface area contributed by atoms with Gasteiger partial charge in [0, 0.05) is 5.56 Å². The third kappa shape index (κ3) is 5.49. The first-order chi connectivity index (χ1) is 9.93. The molecule has 0 amide bonds. The molecule has 0 saturated carbocycles. The predicted octanol–water partition coefficient (Wildman–Crippen LogP) is 0.0155. The molecule has 3 N–H and O–H groups in total. The van der Waals surface area contributed by atoms with Crippen LogP contribution < -0.4 is 14.8 Å². The number of nitrogens with one attached hydrogen (secondary N) is 1. The van der Waals surface area contributed by atoms with E-state index < -0.39 is 25.2 Å². The number of carboxylic acid groups (broad SMARTS) is 2. The van der Waals surface area contributed by atoms with E-state index in [1.165, 1.54) is 18.2 Å². The summed E-state index contributed by atoms with van der Waals surface area (Å²) in [7, 11) is 1.62. The van der Waals surface area contributed by atoms with Gasteiger partial charge >= 0.3 is 11.9 Å². The number of hydrogen-bond donors (Lipinski definition) is 3. The topological polar surface area (TPSA) is 122 Å². The molecule has 114 valence electrons. The first-order valence-electron chi connectivity index (χ1n) is 5.95. The van der Waals surface area contributed by atoms with E-state index in [1.54, 1.807) is 7.05 Å². The van der Waals surface area contributed by atoms with Gasteiger partial charge in [0.15, 0.2) is 30.5 Å². The van der Waals surface area contributed by atoms with E-state index in [2.05, 4.69) is 5.32 Å². The Hall–Kier alpha value is -2.61. The van der Waals surface area contributed by atoms with Crippen LogP contribution in [0.15, 0.2) is 18.2 Å². The fourth-order valence-electron chi connectivity index (χ4n) is 1.46. The van der Waals surface area contributed by atoms with Crippen molar-refractivity contribution >= 4 is 17.7 Å². The number of ketones is 1. The average Bonchev–Trinajstić information content (AvgIpc) is 2.43. The van der Waals surface area contributed by atoms with E-state index in [0.717, 1.165) is 0 Å². The Bertz CT molecular complexity index is 541. The Morgan fingerprint density at radius 2 is 1.62 bits per heavy atom. The third-order valence-electron chi connectivity index (χ3n) is 2.31. The fraction of sp³-hybridized carbons (Fsp3) is 0.308. The Balaban J connectivity index is 2.97. The molecular weight excluding hydrogens is 282 g/mol. The lowest BCUT2D eigenvalue weighted by Gasteiger charge is -2.12. The molecule has 0 aliphatic rings. The van der Waals surface area contributed by atoms with Crippen LogP contribution in [0.4, 0.5) is 0 Å². The number of carboxylic acids is 2. The van der Waals surface area contributed by atoms with Crippen LogP contribution in [0.1, 0.15) is 10.4 Å². The van der Waals surface area contributed by atoms with Crippen molar-refractivity contribution in [2.24, 2.45) is 0 Å². The summed E-state index contributed by atoms with van der Waals surface area (Å²) in [6.07, 6.45) is 0. The van der Waals surface area contributed by atoms with Crippen LogP contribution in [-0.4, -0.2) is 54.7 Å². The Labute approximate surface area is 120 Å². The SMILES string of the molecule is CNCC(=O)c1ccc(OCC(=O)O)c(OCC(=O)O)c1. The van der Waals surface area contributed by atoms with Crippen molar-refractivity contribution in [3.63, 3.8) is 0 Å². The molecule has 8 heteroatoms. The van der Waals surface area contributed by atoms with E-state index in [4.69, 9.17) is 19.7 Å². The highest BCUT2D eigenvalue weighted by molar-refractivity contribution is 5.98. The van der Waals surface area contributed by atoms with Crippen LogP contribution in [0.3, 0.4) is 0 Å². The predicted molar refractivity (Wildman–Crippen MR) is 71.0 cm³/mol. The van der Waals surface area contributed by atoms with Gasteiger partial charge in [0.1, 0.15) is 0 Å². The second kappa shape index (κ2) is 7.85. The van der Waals surface area contributed by atoms with Crippen molar-refractivity contribution in [1.29, 1.82) is 0 Å². The number of rotatable bonds is 9. The van der Waals surface area contributed by atoms with Crippen molar-refractivity contribution in [2.45, 2.75) is 0 Å². The first kappa shape index (κ1) is 16.4. The van der Waals surface area contributed by atoms with Gasteiger partial charge in [0.2, 0.25) is 0 Å². The van der Waals surface area contributed by atoms with Crippen LogP contribution in [-0.2, 0) is 9.59 Å². The molecule has 0 saturated heterocycles. The monoisotopic (exact) mass is 297 g/mol. The van der Waals surface area contributed by atoms with Gasteiger partial charge < -0.3 is 25.0 Å². The van der Waals surface area contributed by atoms with Crippen LogP contribution >= 0.6 is 0 Å². The summed E-state index contributed by atoms with van der Waals surface area (Å²) in [4.78, 5) is 32.8. The third-order valence-corrected chi connectivity index (χ3v) is 2.31. The molecule has 21 heavy (non-hydrogen) atoms. The van der Waals surface area contributed by atoms with Crippen LogP contribution in [0.5, 0.6) is 11.5 Å². The van der Waals surface area contributed by atoms with Gasteiger partial charge in [-0.25, -0.2) is 9.59 Å². The van der Waals surface area contributed by atoms with Crippen LogP contribution in [0.25, 0.3) is 0 Å². The second-order valence-electron chi connectivity index (χ2n) is 3.98. The zero-order chi connectivity index (χ0) is 15.8. The van der Waals surface area contributed by atoms with Crippen molar-refractivity contribution in [3.05, 3.63) is 23.8 Å². The maximum absolute atomic E-state index is 11.7. The zero-order valence-electron chi connectivity index (χ0n) is 11.3. The van der Waals surface area contributed by atoms with Crippen LogP contribution in [0.2, 0.25) is 0 Å². The highest BCUT2D eigenvalue weighted by Gasteiger charge is 2.13. The highest BCUT2D eigenvalue weighted by atomic mass is 16.5. The molecule has 0 unspecified atom stereocenters. The minimum absolute atomic E-state index is 0.000558. The largest absolute Gasteiger partial charge is 0.479 e. The molecule has 0 radical (unpaired) electrons. The van der Waals surface area contributed by atoms with Gasteiger partial charge in [0.05, 0.1) is 6.54 Å². The molecule has 1 aromatic carbocycles. The fourth-order valence-corrected chi connectivity index (χ4v) is 1.46. The molecule has 1 rings (SSSR count). The molecule has 0 bridgehead atoms. The van der Waals surface area contributed by atoms with E-state index in [9.17, 15) is 14.4 Å². The second-order valence-corrected chi connectivity index (χ2v) is 3.98. The summed E-state index contributed by atoms with van der Waals surface area (Å²) < 4.78 is 9.99. The van der Waals surface area contributed by atoms with Crippen molar-refractivity contribution in [3.8, 4) is 11.5 Å². The van der Waals surface area contributed by atoms with Gasteiger partial charge in [-0.05, 0) is 25.2 Å². The number of hydrogen-bond acceptors (Lipinski definition) is 6. The van der Waals surface area contributed by atoms with Gasteiger partial charge in [-0.3, -0.25) is 4.79 Å². The van der Waals surface area contributed by atoms with Crippen molar-refractivity contribution in [1.82, 2.24) is 5.32 Å². The molecule has 0 heterocycles. The number of benzene rings is 1. The maximum atomic E-state index is 11.7. The standard InChI is InChI=1S/C13H15NO7/c1-14-5-9(15)8-2-3-10(20-6-12(16)17)11(4-8)21-7-13(18)19/h2-4,14H,5-7H2,1H3,(H,16,17)(H,18,19). The molecule has 8 nitrogen and oxygen atoms in total. The number of aliphatic carboxylic acids is 2. The summed E-state index contributed by atoms with van der Waals surface area (Å²) in [5.41, 5.74) is 0.299. The quantitative estimate of drug-likeness (QED) is 0.545. The van der Waals surface area contributed by atoms with E-state index >= 15 is 0 Å². The number of carbonyl (C=O) groups excluding carboxylic acids is 1. The van der Waals surface area contributed by atoms with Gasteiger partial charge in [-0.2, -0.15) is 0 Å². The van der Waals surface area contributed by atoms with Gasteiger partial charge in [-0.1, -0.05) is 0 Å². The molecule has 0 atom stereocenters. The molecule has 0 aliphatic heterocycles. The Morgan fingerprint density at radius 1 is 1.05 bits per heavy atom. The van der Waals surface area contributed by atoms with Crippen molar-refractivity contribution < 1.29 is 34.1 Å². The number of likely N-dealkylation sites (N-methyl/N-ethyl adjacent to an activating group) is 1. The summed E-state index contributed by atoms with van der Waals surface area (Å²) >= 11 is 0. The van der Waals surface area contributed by atoms with Crippen LogP contribution in [0, 0.1) is 0 Å². The van der Waals surface area contributed by atoms with E-state index in [0.29, 0.717) is 5.56 Å². The number of Topliss-reactive ketones (excluding diaryl/α,β-unsaturated/α-hetero) is 1. The minimum atomic E-state index is -1.20. The van der Waals surface area contributed by atoms with E-state index in [1.807, 2.05) is 0 Å². The molecule has 0 aromatic heterocycles. The summed E-state index contributed by atoms with van der Waals surface area (Å²) in [6.45, 7) is -1.13. The Kier molecular flexibility index (Phi) is 6.15. The van der Waals surface area contributed by atoms with Gasteiger partial charge in [0.25, 0.3) is 0 Å². The normalized spacial score (nSPS) is 9.95. The smallest absolute Gasteiger partial charge is 0.341 e. The molecule has 0 fully saturated rings. The molecule has 0 spiro atoms. The van der Waals surface area contributed by atoms with Gasteiger partial charge in [-0.15, -0.1) is 0 Å². The first-order valence-corrected chi connectivity index (χ1v) is 5.95. The maximum Gasteiger partial charge on any atom is 0.341 e. The minimum Gasteiger partial charge on any atom is -0.479 e. The molecular formula is C13H15NO7. The lowest BCUT2D eigenvalue weighted by atomic mass is 10.1. The average molecular weight is 297 g/mol. The molecule has 0 aliphatic carbocycles. The number of carbonyl (C=O) groups is 3. The summed E-state index contributed by atoms with van der Waals surface area (Å²) in [5, 5.41) is 19.9. The van der Waals surface area contributed by atoms with E-state index in [-0.39, 0.29) is 23.8 Å². The summed E-state index contributed by atoms with van der Waals surface area (Å²) in [6, 6.07) is 4.13. The highest BCUT2D eigenvalue weighted by Crippen LogP contribution is 2.28. The summed E-state index contributed by atoms with van der Waals surface area (Å²) in [5.74, 6) is -2.55. The lowest BCUT2D eigenvalue weighted by molar-refractivity contribution is -0.140. The van der Waals surface area contributed by atoms with Crippen molar-refractivity contribution in [2.75, 3.05) is 26.8 Å². The number of ether oxygens (including phenoxy) is 2. The Morgan fingerprint density at radius 3 is 2.14 bits per heavy atom. The lowest BCUT2D eigenvalue weighted by Crippen LogP contribution is -2.19. The zero-order valence-corrected chi connectivity index (χ0v) is 11.3.